The van der Waals surface area contributed by atoms with Crippen molar-refractivity contribution in [3.8, 4) is 0 Å². The molecule has 0 aliphatic carbocycles. The van der Waals surface area contributed by atoms with Crippen LogP contribution in [0.1, 0.15) is 37.1 Å². The number of carbonyl (C=O) groups excluding carboxylic acids is 1. The molecule has 8 nitrogen and oxygen atoms in total. The number of likely N-dealkylation sites (tertiary alicyclic amines) is 1. The van der Waals surface area contributed by atoms with Crippen LogP contribution in [-0.2, 0) is 11.3 Å². The summed E-state index contributed by atoms with van der Waals surface area (Å²) in [6.45, 7) is 10.6. The number of nitrogens with one attached hydrogen (secondary N) is 2. The number of hydrogen-bond acceptors (Lipinski definition) is 5. The first-order chi connectivity index (χ1) is 12.9. The molecule has 2 heterocycles. The summed E-state index contributed by atoms with van der Waals surface area (Å²) in [5, 5.41) is 6.58. The molecular weight excluding hydrogens is 344 g/mol. The maximum Gasteiger partial charge on any atom is 0.243 e. The van der Waals surface area contributed by atoms with Crippen LogP contribution >= 0.6 is 0 Å². The second kappa shape index (κ2) is 10.3. The van der Waals surface area contributed by atoms with E-state index in [-0.39, 0.29) is 12.5 Å². The van der Waals surface area contributed by atoms with Crippen LogP contribution in [0.5, 0.6) is 0 Å². The number of hydrogen-bond donors (Lipinski definition) is 2. The maximum absolute atomic E-state index is 11.7. The van der Waals surface area contributed by atoms with E-state index in [1.54, 1.807) is 19.0 Å². The number of guanidine groups is 1. The molecule has 1 fully saturated rings. The summed E-state index contributed by atoms with van der Waals surface area (Å²) in [6, 6.07) is 0. The van der Waals surface area contributed by atoms with E-state index in [0.717, 1.165) is 62.9 Å². The number of amides is 1. The minimum atomic E-state index is -0.00230. The van der Waals surface area contributed by atoms with E-state index in [1.165, 1.54) is 0 Å². The van der Waals surface area contributed by atoms with Crippen LogP contribution < -0.4 is 10.6 Å². The predicted molar refractivity (Wildman–Crippen MR) is 107 cm³/mol. The van der Waals surface area contributed by atoms with Gasteiger partial charge >= 0.3 is 0 Å². The Morgan fingerprint density at radius 2 is 2.00 bits per heavy atom. The highest BCUT2D eigenvalue weighted by Gasteiger charge is 2.21. The van der Waals surface area contributed by atoms with Gasteiger partial charge in [-0.25, -0.2) is 9.98 Å². The van der Waals surface area contributed by atoms with E-state index in [4.69, 9.17) is 4.42 Å². The van der Waals surface area contributed by atoms with Gasteiger partial charge in [-0.15, -0.1) is 0 Å². The summed E-state index contributed by atoms with van der Waals surface area (Å²) in [4.78, 5) is 24.5. The molecule has 0 bridgehead atoms. The van der Waals surface area contributed by atoms with Crippen LogP contribution in [0.3, 0.4) is 0 Å². The average Bonchev–Trinajstić information content (AvgIpc) is 2.95. The van der Waals surface area contributed by atoms with Crippen molar-refractivity contribution in [3.63, 3.8) is 0 Å². The Kier molecular flexibility index (Phi) is 8.09. The molecule has 0 saturated carbocycles. The molecule has 1 aliphatic rings. The van der Waals surface area contributed by atoms with Crippen molar-refractivity contribution >= 4 is 11.9 Å². The lowest BCUT2D eigenvalue weighted by Crippen LogP contribution is -2.43. The fourth-order valence-electron chi connectivity index (χ4n) is 3.02. The SMILES string of the molecule is CCNC(=NCC(=O)N(C)C)NCC1CCN(Cc2nc(C)c(C)o2)CC1. The second-order valence-corrected chi connectivity index (χ2v) is 7.33. The van der Waals surface area contributed by atoms with Crippen LogP contribution in [0.2, 0.25) is 0 Å². The molecule has 152 valence electrons. The molecule has 0 atom stereocenters. The lowest BCUT2D eigenvalue weighted by Gasteiger charge is -2.31. The standard InChI is InChI=1S/C19H34N6O2/c1-6-20-19(22-12-18(26)24(4)5)21-11-16-7-9-25(10-8-16)13-17-23-14(2)15(3)27-17/h16H,6-13H2,1-5H3,(H2,20,21,22). The molecule has 1 amide bonds. The Morgan fingerprint density at radius 1 is 1.30 bits per heavy atom. The Bertz CT molecular complexity index is 613. The lowest BCUT2D eigenvalue weighted by atomic mass is 9.97. The van der Waals surface area contributed by atoms with Crippen LogP contribution in [-0.4, -0.2) is 73.5 Å². The van der Waals surface area contributed by atoms with Crippen molar-refractivity contribution in [3.05, 3.63) is 17.3 Å². The highest BCUT2D eigenvalue weighted by atomic mass is 16.4. The Labute approximate surface area is 162 Å². The number of nitrogens with zero attached hydrogens (tertiary/aromatic N) is 4. The zero-order valence-corrected chi connectivity index (χ0v) is 17.3. The second-order valence-electron chi connectivity index (χ2n) is 7.33. The number of aromatic nitrogens is 1. The molecule has 2 N–H and O–H groups in total. The normalized spacial score (nSPS) is 16.4. The van der Waals surface area contributed by atoms with Gasteiger partial charge in [-0.3, -0.25) is 9.69 Å². The number of rotatable bonds is 7. The summed E-state index contributed by atoms with van der Waals surface area (Å²) in [5.41, 5.74) is 0.979. The van der Waals surface area contributed by atoms with Gasteiger partial charge in [0.25, 0.3) is 0 Å². The Hall–Kier alpha value is -2.09. The molecule has 0 aromatic carbocycles. The molecule has 0 spiro atoms. The van der Waals surface area contributed by atoms with Gasteiger partial charge in [-0.2, -0.15) is 0 Å². The molecule has 27 heavy (non-hydrogen) atoms. The van der Waals surface area contributed by atoms with Crippen LogP contribution in [0.15, 0.2) is 9.41 Å². The average molecular weight is 379 g/mol. The van der Waals surface area contributed by atoms with Gasteiger partial charge in [-0.1, -0.05) is 0 Å². The largest absolute Gasteiger partial charge is 0.444 e. The van der Waals surface area contributed by atoms with Crippen molar-refractivity contribution < 1.29 is 9.21 Å². The highest BCUT2D eigenvalue weighted by molar-refractivity contribution is 5.84. The molecular formula is C19H34N6O2. The zero-order valence-electron chi connectivity index (χ0n) is 17.3. The van der Waals surface area contributed by atoms with Gasteiger partial charge < -0.3 is 20.0 Å². The van der Waals surface area contributed by atoms with Crippen molar-refractivity contribution in [1.29, 1.82) is 0 Å². The topological polar surface area (TPSA) is 86.0 Å². The molecule has 2 rings (SSSR count). The molecule has 1 aromatic heterocycles. The number of aliphatic imine (C=N–C) groups is 1. The Balaban J connectivity index is 1.74. The molecule has 0 unspecified atom stereocenters. The van der Waals surface area contributed by atoms with Gasteiger partial charge in [-0.05, 0) is 52.6 Å². The van der Waals surface area contributed by atoms with E-state index in [0.29, 0.717) is 11.9 Å². The minimum Gasteiger partial charge on any atom is -0.444 e. The van der Waals surface area contributed by atoms with E-state index in [1.807, 2.05) is 20.8 Å². The number of oxazole rings is 1. The van der Waals surface area contributed by atoms with Gasteiger partial charge in [0.15, 0.2) is 5.96 Å². The third-order valence-electron chi connectivity index (χ3n) is 4.91. The van der Waals surface area contributed by atoms with Crippen molar-refractivity contribution in [2.75, 3.05) is 46.8 Å². The predicted octanol–water partition coefficient (Wildman–Crippen LogP) is 1.15. The summed E-state index contributed by atoms with van der Waals surface area (Å²) in [6.07, 6.45) is 2.25. The van der Waals surface area contributed by atoms with Gasteiger partial charge in [0.05, 0.1) is 12.2 Å². The summed E-state index contributed by atoms with van der Waals surface area (Å²) < 4.78 is 5.69. The Morgan fingerprint density at radius 3 is 2.56 bits per heavy atom. The lowest BCUT2D eigenvalue weighted by molar-refractivity contribution is -0.127. The number of carbonyl (C=O) groups is 1. The van der Waals surface area contributed by atoms with Gasteiger partial charge in [0.2, 0.25) is 11.8 Å². The van der Waals surface area contributed by atoms with Crippen LogP contribution in [0.4, 0.5) is 0 Å². The van der Waals surface area contributed by atoms with E-state index in [2.05, 4.69) is 25.5 Å². The summed E-state index contributed by atoms with van der Waals surface area (Å²) in [7, 11) is 3.49. The highest BCUT2D eigenvalue weighted by Crippen LogP contribution is 2.19. The van der Waals surface area contributed by atoms with E-state index < -0.39 is 0 Å². The minimum absolute atomic E-state index is 0.00230. The van der Waals surface area contributed by atoms with Crippen LogP contribution in [0.25, 0.3) is 0 Å². The summed E-state index contributed by atoms with van der Waals surface area (Å²) in [5.74, 6) is 3.03. The summed E-state index contributed by atoms with van der Waals surface area (Å²) >= 11 is 0. The quantitative estimate of drug-likeness (QED) is 0.547. The van der Waals surface area contributed by atoms with Crippen LogP contribution in [0, 0.1) is 19.8 Å². The first-order valence-electron chi connectivity index (χ1n) is 9.76. The van der Waals surface area contributed by atoms with Gasteiger partial charge in [0.1, 0.15) is 12.3 Å². The maximum atomic E-state index is 11.7. The van der Waals surface area contributed by atoms with Crippen molar-refractivity contribution in [2.24, 2.45) is 10.9 Å². The van der Waals surface area contributed by atoms with E-state index in [9.17, 15) is 4.79 Å². The third-order valence-corrected chi connectivity index (χ3v) is 4.91. The van der Waals surface area contributed by atoms with Crippen molar-refractivity contribution in [1.82, 2.24) is 25.4 Å². The number of aryl methyl sites for hydroxylation is 2. The monoisotopic (exact) mass is 378 g/mol. The van der Waals surface area contributed by atoms with Crippen molar-refractivity contribution in [2.45, 2.75) is 40.2 Å². The zero-order chi connectivity index (χ0) is 19.8. The number of likely N-dealkylation sites (N-methyl/N-ethyl adjacent to an activating group) is 1. The van der Waals surface area contributed by atoms with E-state index >= 15 is 0 Å². The molecule has 0 radical (unpaired) electrons. The molecule has 1 aliphatic heterocycles. The molecule has 1 aromatic rings. The first kappa shape index (κ1) is 21.2. The fourth-order valence-corrected chi connectivity index (χ4v) is 3.02. The number of piperidine rings is 1. The molecule has 1 saturated heterocycles. The third kappa shape index (κ3) is 6.86. The first-order valence-corrected chi connectivity index (χ1v) is 9.76. The molecule has 8 heteroatoms. The fraction of sp³-hybridized carbons (Fsp3) is 0.737. The van der Waals surface area contributed by atoms with Gasteiger partial charge in [0, 0.05) is 27.2 Å². The smallest absolute Gasteiger partial charge is 0.243 e.